The number of thioether (sulfide) groups is 1. The molecule has 0 amide bonds. The van der Waals surface area contributed by atoms with Crippen LogP contribution in [0.1, 0.15) is 5.56 Å². The first-order valence-electron chi connectivity index (χ1n) is 5.11. The highest BCUT2D eigenvalue weighted by Gasteiger charge is 2.14. The Morgan fingerprint density at radius 1 is 1.32 bits per heavy atom. The second kappa shape index (κ2) is 6.21. The highest BCUT2D eigenvalue weighted by Crippen LogP contribution is 2.24. The Labute approximate surface area is 128 Å². The number of nitrogens with zero attached hydrogens (tertiary/aromatic N) is 2. The van der Waals surface area contributed by atoms with Gasteiger partial charge >= 0.3 is 0 Å². The summed E-state index contributed by atoms with van der Waals surface area (Å²) >= 11 is 5.95. The first-order chi connectivity index (χ1) is 8.98. The van der Waals surface area contributed by atoms with Crippen LogP contribution in [0.3, 0.4) is 0 Å². The van der Waals surface area contributed by atoms with Gasteiger partial charge in [0.15, 0.2) is 4.34 Å². The van der Waals surface area contributed by atoms with E-state index in [1.165, 1.54) is 23.1 Å². The van der Waals surface area contributed by atoms with Crippen LogP contribution in [0.2, 0.25) is 0 Å². The Bertz CT molecular complexity index is 655. The van der Waals surface area contributed by atoms with Crippen molar-refractivity contribution in [3.05, 3.63) is 34.3 Å². The minimum Gasteiger partial charge on any atom is -0.257 e. The van der Waals surface area contributed by atoms with E-state index < -0.39 is 10.0 Å². The smallest absolute Gasteiger partial charge is 0.238 e. The van der Waals surface area contributed by atoms with E-state index in [4.69, 9.17) is 0 Å². The van der Waals surface area contributed by atoms with Crippen LogP contribution in [0.25, 0.3) is 0 Å². The molecule has 1 heterocycles. The van der Waals surface area contributed by atoms with Gasteiger partial charge in [-0.2, -0.15) is 0 Å². The summed E-state index contributed by atoms with van der Waals surface area (Å²) in [5.74, 6) is -0.0888. The molecule has 0 spiro atoms. The van der Waals surface area contributed by atoms with Gasteiger partial charge in [0.05, 0.1) is 5.75 Å². The van der Waals surface area contributed by atoms with Gasteiger partial charge in [-0.1, -0.05) is 51.2 Å². The normalized spacial score (nSPS) is 11.5. The summed E-state index contributed by atoms with van der Waals surface area (Å²) in [5.41, 5.74) is 0.713. The number of anilines is 1. The molecule has 1 aromatic heterocycles. The van der Waals surface area contributed by atoms with Crippen LogP contribution >= 0.6 is 39.0 Å². The predicted molar refractivity (Wildman–Crippen MR) is 82.1 cm³/mol. The maximum Gasteiger partial charge on any atom is 0.238 e. The molecule has 0 aliphatic carbocycles. The van der Waals surface area contributed by atoms with E-state index in [0.29, 0.717) is 10.7 Å². The quantitative estimate of drug-likeness (QED) is 0.808. The molecule has 0 aliphatic rings. The molecule has 0 radical (unpaired) electrons. The van der Waals surface area contributed by atoms with Crippen molar-refractivity contribution in [2.45, 2.75) is 10.1 Å². The zero-order valence-corrected chi connectivity index (χ0v) is 13.9. The molecule has 19 heavy (non-hydrogen) atoms. The molecular formula is C10H10BrN3O2S3. The van der Waals surface area contributed by atoms with Crippen LogP contribution < -0.4 is 4.72 Å². The maximum atomic E-state index is 12.0. The topological polar surface area (TPSA) is 72.0 Å². The third-order valence-corrected chi connectivity index (χ3v) is 5.78. The molecule has 0 aliphatic heterocycles. The van der Waals surface area contributed by atoms with Crippen molar-refractivity contribution < 1.29 is 8.42 Å². The molecule has 0 bridgehead atoms. The van der Waals surface area contributed by atoms with Crippen molar-refractivity contribution >= 4 is 54.2 Å². The molecule has 1 N–H and O–H groups in total. The highest BCUT2D eigenvalue weighted by molar-refractivity contribution is 9.10. The van der Waals surface area contributed by atoms with E-state index >= 15 is 0 Å². The fourth-order valence-electron chi connectivity index (χ4n) is 1.30. The van der Waals surface area contributed by atoms with Crippen molar-refractivity contribution in [1.29, 1.82) is 0 Å². The Kier molecular flexibility index (Phi) is 4.82. The lowest BCUT2D eigenvalue weighted by atomic mass is 10.2. The minimum absolute atomic E-state index is 0.0888. The number of hydrogen-bond acceptors (Lipinski definition) is 6. The molecule has 0 fully saturated rings. The summed E-state index contributed by atoms with van der Waals surface area (Å²) in [6.45, 7) is 0. The van der Waals surface area contributed by atoms with Gasteiger partial charge in [0.25, 0.3) is 0 Å². The first-order valence-corrected chi connectivity index (χ1v) is 9.59. The van der Waals surface area contributed by atoms with Crippen molar-refractivity contribution in [2.75, 3.05) is 11.0 Å². The van der Waals surface area contributed by atoms with Gasteiger partial charge < -0.3 is 0 Å². The van der Waals surface area contributed by atoms with E-state index in [0.717, 1.165) is 8.81 Å². The minimum atomic E-state index is -3.46. The average Bonchev–Trinajstić information content (AvgIpc) is 2.78. The zero-order chi connectivity index (χ0) is 13.9. The van der Waals surface area contributed by atoms with Crippen LogP contribution in [0, 0.1) is 0 Å². The van der Waals surface area contributed by atoms with Crippen LogP contribution in [0.4, 0.5) is 5.13 Å². The van der Waals surface area contributed by atoms with Gasteiger partial charge in [0.1, 0.15) is 0 Å². The molecule has 0 saturated heterocycles. The second-order valence-corrected chi connectivity index (χ2v) is 8.23. The number of aromatic nitrogens is 2. The van der Waals surface area contributed by atoms with Gasteiger partial charge in [-0.15, -0.1) is 10.2 Å². The molecule has 5 nitrogen and oxygen atoms in total. The molecule has 9 heteroatoms. The average molecular weight is 380 g/mol. The Morgan fingerprint density at radius 2 is 2.00 bits per heavy atom. The predicted octanol–water partition coefficient (Wildman–Crippen LogP) is 2.96. The largest absolute Gasteiger partial charge is 0.257 e. The highest BCUT2D eigenvalue weighted by atomic mass is 79.9. The lowest BCUT2D eigenvalue weighted by Crippen LogP contribution is -2.14. The molecule has 2 aromatic rings. The summed E-state index contributed by atoms with van der Waals surface area (Å²) < 4.78 is 28.0. The fourth-order valence-corrected chi connectivity index (χ4v) is 4.15. The van der Waals surface area contributed by atoms with E-state index in [9.17, 15) is 8.42 Å². The summed E-state index contributed by atoms with van der Waals surface area (Å²) in [6.07, 6.45) is 1.86. The van der Waals surface area contributed by atoms with Gasteiger partial charge in [-0.25, -0.2) is 8.42 Å². The number of rotatable bonds is 5. The lowest BCUT2D eigenvalue weighted by molar-refractivity contribution is 0.600. The van der Waals surface area contributed by atoms with Crippen molar-refractivity contribution in [2.24, 2.45) is 0 Å². The summed E-state index contributed by atoms with van der Waals surface area (Å²) in [6, 6.07) is 7.14. The Balaban J connectivity index is 2.08. The Morgan fingerprint density at radius 3 is 2.58 bits per heavy atom. The zero-order valence-electron chi connectivity index (χ0n) is 9.83. The molecule has 2 rings (SSSR count). The first kappa shape index (κ1) is 14.8. The molecular weight excluding hydrogens is 370 g/mol. The lowest BCUT2D eigenvalue weighted by Gasteiger charge is -2.04. The van der Waals surface area contributed by atoms with Gasteiger partial charge in [-0.3, -0.25) is 4.72 Å². The van der Waals surface area contributed by atoms with Crippen molar-refractivity contribution in [3.63, 3.8) is 0 Å². The summed E-state index contributed by atoms with van der Waals surface area (Å²) in [4.78, 5) is 0. The van der Waals surface area contributed by atoms with E-state index in [2.05, 4.69) is 30.8 Å². The number of benzene rings is 1. The molecule has 0 atom stereocenters. The summed E-state index contributed by atoms with van der Waals surface area (Å²) in [7, 11) is -3.46. The van der Waals surface area contributed by atoms with Crippen molar-refractivity contribution in [1.82, 2.24) is 10.2 Å². The number of sulfonamides is 1. The van der Waals surface area contributed by atoms with Gasteiger partial charge in [-0.05, 0) is 24.0 Å². The number of nitrogens with one attached hydrogen (secondary N) is 1. The van der Waals surface area contributed by atoms with Gasteiger partial charge in [0.2, 0.25) is 15.2 Å². The van der Waals surface area contributed by atoms with Crippen LogP contribution in [-0.2, 0) is 15.8 Å². The maximum absolute atomic E-state index is 12.0. The molecule has 102 valence electrons. The van der Waals surface area contributed by atoms with Crippen LogP contribution in [-0.4, -0.2) is 24.9 Å². The third-order valence-electron chi connectivity index (χ3n) is 2.09. The fraction of sp³-hybridized carbons (Fsp3) is 0.200. The van der Waals surface area contributed by atoms with Crippen molar-refractivity contribution in [3.8, 4) is 0 Å². The second-order valence-electron chi connectivity index (χ2n) is 3.56. The SMILES string of the molecule is CSc1nnc(NS(=O)(=O)Cc2ccc(Br)cc2)s1. The van der Waals surface area contributed by atoms with E-state index in [1.54, 1.807) is 12.1 Å². The monoisotopic (exact) mass is 379 g/mol. The Hall–Kier alpha value is -0.640. The van der Waals surface area contributed by atoms with Gasteiger partial charge in [0, 0.05) is 4.47 Å². The summed E-state index contributed by atoms with van der Waals surface area (Å²) in [5, 5.41) is 7.91. The molecule has 1 aromatic carbocycles. The van der Waals surface area contributed by atoms with E-state index in [1.807, 2.05) is 18.4 Å². The standard InChI is InChI=1S/C10H10BrN3O2S3/c1-17-10-13-12-9(18-10)14-19(15,16)6-7-2-4-8(11)5-3-7/h2-5H,6H2,1H3,(H,12,14). The molecule has 0 unspecified atom stereocenters. The number of halogens is 1. The van der Waals surface area contributed by atoms with E-state index in [-0.39, 0.29) is 5.75 Å². The number of hydrogen-bond donors (Lipinski definition) is 1. The van der Waals surface area contributed by atoms with Crippen LogP contribution in [0.5, 0.6) is 0 Å². The third kappa shape index (κ3) is 4.44. The van der Waals surface area contributed by atoms with Crippen LogP contribution in [0.15, 0.2) is 33.1 Å². The molecule has 0 saturated carbocycles.